The quantitative estimate of drug-likeness (QED) is 0.860. The van der Waals surface area contributed by atoms with Gasteiger partial charge in [-0.25, -0.2) is 4.79 Å². The number of carbonyl (C=O) groups is 2. The summed E-state index contributed by atoms with van der Waals surface area (Å²) >= 11 is 3.33. The van der Waals surface area contributed by atoms with Crippen molar-refractivity contribution in [2.75, 3.05) is 11.9 Å². The number of para-hydroxylation sites is 1. The summed E-state index contributed by atoms with van der Waals surface area (Å²) in [4.78, 5) is 23.7. The lowest BCUT2D eigenvalue weighted by atomic mass is 10.1. The molecule has 2 rings (SSSR count). The molecular formula is C16H14BrNO3. The maximum Gasteiger partial charge on any atom is 0.338 e. The normalized spacial score (nSPS) is 10.0. The lowest BCUT2D eigenvalue weighted by Gasteiger charge is -2.09. The Bertz CT molecular complexity index is 670. The van der Waals surface area contributed by atoms with Gasteiger partial charge in [-0.2, -0.15) is 0 Å². The van der Waals surface area contributed by atoms with Crippen LogP contribution in [0.1, 0.15) is 15.9 Å². The fourth-order valence-electron chi connectivity index (χ4n) is 1.76. The van der Waals surface area contributed by atoms with Crippen molar-refractivity contribution >= 4 is 33.5 Å². The van der Waals surface area contributed by atoms with Crippen LogP contribution < -0.4 is 5.32 Å². The van der Waals surface area contributed by atoms with Crippen LogP contribution in [0.4, 0.5) is 5.69 Å². The number of carbonyl (C=O) groups excluding carboxylic acids is 2. The first kappa shape index (κ1) is 15.3. The molecule has 0 aliphatic carbocycles. The minimum absolute atomic E-state index is 0.325. The van der Waals surface area contributed by atoms with E-state index in [0.717, 1.165) is 10.0 Å². The lowest BCUT2D eigenvalue weighted by Crippen LogP contribution is -2.21. The summed E-state index contributed by atoms with van der Waals surface area (Å²) in [5, 5.41) is 2.67. The average molecular weight is 348 g/mol. The number of benzene rings is 2. The summed E-state index contributed by atoms with van der Waals surface area (Å²) in [6, 6.07) is 14.3. The molecule has 2 aromatic rings. The highest BCUT2D eigenvalue weighted by molar-refractivity contribution is 9.10. The Morgan fingerprint density at radius 2 is 1.76 bits per heavy atom. The SMILES string of the molecule is Cc1ccccc1C(=O)OCC(=O)Nc1ccccc1Br. The van der Waals surface area contributed by atoms with Gasteiger partial charge < -0.3 is 10.1 Å². The second-order valence-corrected chi connectivity index (χ2v) is 5.27. The van der Waals surface area contributed by atoms with Crippen LogP contribution in [0.2, 0.25) is 0 Å². The van der Waals surface area contributed by atoms with Gasteiger partial charge in [0.25, 0.3) is 5.91 Å². The number of aryl methyl sites for hydroxylation is 1. The van der Waals surface area contributed by atoms with Crippen LogP contribution in [-0.4, -0.2) is 18.5 Å². The van der Waals surface area contributed by atoms with E-state index in [0.29, 0.717) is 11.3 Å². The molecule has 0 aliphatic heterocycles. The maximum atomic E-state index is 11.9. The van der Waals surface area contributed by atoms with Gasteiger partial charge in [0.1, 0.15) is 0 Å². The highest BCUT2D eigenvalue weighted by Gasteiger charge is 2.12. The van der Waals surface area contributed by atoms with E-state index < -0.39 is 5.97 Å². The summed E-state index contributed by atoms with van der Waals surface area (Å²) in [6.07, 6.45) is 0. The molecule has 0 radical (unpaired) electrons. The molecule has 108 valence electrons. The van der Waals surface area contributed by atoms with E-state index in [1.807, 2.05) is 31.2 Å². The Kier molecular flexibility index (Phi) is 5.11. The molecule has 4 nitrogen and oxygen atoms in total. The summed E-state index contributed by atoms with van der Waals surface area (Å²) in [5.41, 5.74) is 1.91. The van der Waals surface area contributed by atoms with E-state index in [-0.39, 0.29) is 12.5 Å². The van der Waals surface area contributed by atoms with Gasteiger partial charge in [-0.3, -0.25) is 4.79 Å². The van der Waals surface area contributed by atoms with Crippen LogP contribution in [0.3, 0.4) is 0 Å². The largest absolute Gasteiger partial charge is 0.452 e. The van der Waals surface area contributed by atoms with Crippen molar-refractivity contribution in [1.29, 1.82) is 0 Å². The number of ether oxygens (including phenoxy) is 1. The zero-order valence-corrected chi connectivity index (χ0v) is 13.0. The predicted octanol–water partition coefficient (Wildman–Crippen LogP) is 3.55. The Balaban J connectivity index is 1.91. The first-order chi connectivity index (χ1) is 10.1. The molecule has 1 amide bonds. The number of nitrogens with one attached hydrogen (secondary N) is 1. The van der Waals surface area contributed by atoms with Gasteiger partial charge in [-0.05, 0) is 46.6 Å². The zero-order chi connectivity index (χ0) is 15.2. The first-order valence-corrected chi connectivity index (χ1v) is 7.14. The molecule has 0 spiro atoms. The van der Waals surface area contributed by atoms with Crippen molar-refractivity contribution in [3.8, 4) is 0 Å². The zero-order valence-electron chi connectivity index (χ0n) is 11.4. The minimum Gasteiger partial charge on any atom is -0.452 e. The van der Waals surface area contributed by atoms with Crippen molar-refractivity contribution in [2.45, 2.75) is 6.92 Å². The lowest BCUT2D eigenvalue weighted by molar-refractivity contribution is -0.119. The smallest absolute Gasteiger partial charge is 0.338 e. The van der Waals surface area contributed by atoms with Crippen molar-refractivity contribution in [1.82, 2.24) is 0 Å². The summed E-state index contributed by atoms with van der Waals surface area (Å²) in [5.74, 6) is -0.890. The van der Waals surface area contributed by atoms with E-state index in [1.165, 1.54) is 0 Å². The molecule has 0 unspecified atom stereocenters. The number of amides is 1. The molecule has 0 fully saturated rings. The second-order valence-electron chi connectivity index (χ2n) is 4.42. The highest BCUT2D eigenvalue weighted by atomic mass is 79.9. The molecule has 0 heterocycles. The van der Waals surface area contributed by atoms with Gasteiger partial charge in [0.15, 0.2) is 6.61 Å². The average Bonchev–Trinajstić information content (AvgIpc) is 2.48. The summed E-state index contributed by atoms with van der Waals surface area (Å²) in [6.45, 7) is 1.49. The van der Waals surface area contributed by atoms with Gasteiger partial charge in [-0.15, -0.1) is 0 Å². The van der Waals surface area contributed by atoms with Crippen molar-refractivity contribution in [3.05, 3.63) is 64.1 Å². The third kappa shape index (κ3) is 4.16. The Labute approximate surface area is 131 Å². The van der Waals surface area contributed by atoms with E-state index in [4.69, 9.17) is 4.74 Å². The third-order valence-electron chi connectivity index (χ3n) is 2.85. The van der Waals surface area contributed by atoms with E-state index in [2.05, 4.69) is 21.2 Å². The Morgan fingerprint density at radius 3 is 2.48 bits per heavy atom. The number of hydrogen-bond acceptors (Lipinski definition) is 3. The van der Waals surface area contributed by atoms with E-state index in [1.54, 1.807) is 24.3 Å². The Hall–Kier alpha value is -2.14. The molecule has 0 saturated heterocycles. The molecule has 0 aromatic heterocycles. The molecule has 0 saturated carbocycles. The van der Waals surface area contributed by atoms with E-state index >= 15 is 0 Å². The number of anilines is 1. The molecule has 5 heteroatoms. The number of rotatable bonds is 4. The van der Waals surface area contributed by atoms with Crippen LogP contribution in [0.25, 0.3) is 0 Å². The second kappa shape index (κ2) is 7.04. The fourth-order valence-corrected chi connectivity index (χ4v) is 2.14. The maximum absolute atomic E-state index is 11.9. The molecule has 1 N–H and O–H groups in total. The Morgan fingerprint density at radius 1 is 1.10 bits per heavy atom. The molecule has 0 atom stereocenters. The number of halogens is 1. The minimum atomic E-state index is -0.504. The van der Waals surface area contributed by atoms with Gasteiger partial charge in [0, 0.05) is 4.47 Å². The van der Waals surface area contributed by atoms with Crippen molar-refractivity contribution < 1.29 is 14.3 Å². The van der Waals surface area contributed by atoms with Crippen LogP contribution in [-0.2, 0) is 9.53 Å². The van der Waals surface area contributed by atoms with Crippen LogP contribution in [0.15, 0.2) is 53.0 Å². The molecule has 0 bridgehead atoms. The fraction of sp³-hybridized carbons (Fsp3) is 0.125. The van der Waals surface area contributed by atoms with Gasteiger partial charge >= 0.3 is 5.97 Å². The standard InChI is InChI=1S/C16H14BrNO3/c1-11-6-2-3-7-12(11)16(20)21-10-15(19)18-14-9-5-4-8-13(14)17/h2-9H,10H2,1H3,(H,18,19). The number of hydrogen-bond donors (Lipinski definition) is 1. The monoisotopic (exact) mass is 347 g/mol. The highest BCUT2D eigenvalue weighted by Crippen LogP contribution is 2.21. The summed E-state index contributed by atoms with van der Waals surface area (Å²) in [7, 11) is 0. The predicted molar refractivity (Wildman–Crippen MR) is 84.2 cm³/mol. The molecular weight excluding hydrogens is 334 g/mol. The van der Waals surface area contributed by atoms with Crippen LogP contribution in [0, 0.1) is 6.92 Å². The van der Waals surface area contributed by atoms with Crippen LogP contribution >= 0.6 is 15.9 Å². The van der Waals surface area contributed by atoms with Gasteiger partial charge in [-0.1, -0.05) is 30.3 Å². The van der Waals surface area contributed by atoms with Gasteiger partial charge in [0.2, 0.25) is 0 Å². The van der Waals surface area contributed by atoms with Crippen molar-refractivity contribution in [3.63, 3.8) is 0 Å². The van der Waals surface area contributed by atoms with Gasteiger partial charge in [0.05, 0.1) is 11.3 Å². The van der Waals surface area contributed by atoms with Crippen molar-refractivity contribution in [2.24, 2.45) is 0 Å². The summed E-state index contributed by atoms with van der Waals surface area (Å²) < 4.78 is 5.78. The topological polar surface area (TPSA) is 55.4 Å². The number of esters is 1. The third-order valence-corrected chi connectivity index (χ3v) is 3.54. The van der Waals surface area contributed by atoms with E-state index in [9.17, 15) is 9.59 Å². The molecule has 21 heavy (non-hydrogen) atoms. The van der Waals surface area contributed by atoms with Crippen LogP contribution in [0.5, 0.6) is 0 Å². The molecule has 0 aliphatic rings. The first-order valence-electron chi connectivity index (χ1n) is 6.35. The molecule has 2 aromatic carbocycles.